The Kier molecular flexibility index (Phi) is 6.75. The van der Waals surface area contributed by atoms with Gasteiger partial charge in [-0.3, -0.25) is 10.0 Å². The Labute approximate surface area is 177 Å². The van der Waals surface area contributed by atoms with Crippen molar-refractivity contribution in [3.63, 3.8) is 0 Å². The number of ether oxygens (including phenoxy) is 1. The number of hydrogen-bond donors (Lipinski definition) is 2. The summed E-state index contributed by atoms with van der Waals surface area (Å²) in [4.78, 5) is 16.2. The van der Waals surface area contributed by atoms with E-state index in [1.807, 2.05) is 6.92 Å². The number of carbonyl (C=O) groups excluding carboxylic acids is 1. The van der Waals surface area contributed by atoms with Gasteiger partial charge in [-0.05, 0) is 30.7 Å². The molecule has 29 heavy (non-hydrogen) atoms. The number of carbonyl (C=O) groups is 1. The van der Waals surface area contributed by atoms with Crippen LogP contribution in [-0.4, -0.2) is 36.3 Å². The third-order valence-electron chi connectivity index (χ3n) is 3.74. The third kappa shape index (κ3) is 5.06. The maximum atomic E-state index is 12.6. The lowest BCUT2D eigenvalue weighted by molar-refractivity contribution is -0.232. The summed E-state index contributed by atoms with van der Waals surface area (Å²) in [6, 6.07) is 11.5. The molecule has 1 amide bonds. The first kappa shape index (κ1) is 21.5. The Morgan fingerprint density at radius 1 is 1.31 bits per heavy atom. The number of hydroxylamine groups is 2. The van der Waals surface area contributed by atoms with Crippen LogP contribution in [0.4, 0.5) is 0 Å². The first-order valence-corrected chi connectivity index (χ1v) is 11.2. The van der Waals surface area contributed by atoms with E-state index in [0.29, 0.717) is 16.5 Å². The number of aromatic nitrogens is 1. The van der Waals surface area contributed by atoms with Crippen molar-refractivity contribution in [1.82, 2.24) is 10.2 Å². The van der Waals surface area contributed by atoms with E-state index in [1.165, 1.54) is 35.6 Å². The maximum absolute atomic E-state index is 12.6. The fourth-order valence-corrected chi connectivity index (χ4v) is 4.36. The lowest BCUT2D eigenvalue weighted by atomic mass is 10.2. The molecular weight excluding hydrogens is 436 g/mol. The van der Waals surface area contributed by atoms with E-state index in [1.54, 1.807) is 12.1 Å². The lowest BCUT2D eigenvalue weighted by Crippen LogP contribution is -2.30. The van der Waals surface area contributed by atoms with E-state index in [2.05, 4.69) is 28.0 Å². The molecule has 8 nitrogen and oxygen atoms in total. The summed E-state index contributed by atoms with van der Waals surface area (Å²) >= 11 is 5.42. The Balaban J connectivity index is 1.79. The number of thiol groups is 1. The number of amides is 1. The second-order valence-corrected chi connectivity index (χ2v) is 9.09. The van der Waals surface area contributed by atoms with Crippen molar-refractivity contribution >= 4 is 50.2 Å². The highest BCUT2D eigenvalue weighted by Crippen LogP contribution is 2.27. The Hall–Kier alpha value is -2.18. The molecule has 0 spiro atoms. The predicted molar refractivity (Wildman–Crippen MR) is 109 cm³/mol. The summed E-state index contributed by atoms with van der Waals surface area (Å²) in [5, 5.41) is 9.60. The molecule has 3 rings (SSSR count). The van der Waals surface area contributed by atoms with Crippen molar-refractivity contribution in [2.75, 3.05) is 6.61 Å². The third-order valence-corrected chi connectivity index (χ3v) is 6.15. The van der Waals surface area contributed by atoms with Crippen molar-refractivity contribution in [3.05, 3.63) is 48.0 Å². The molecule has 0 aliphatic rings. The van der Waals surface area contributed by atoms with Gasteiger partial charge in [0.15, 0.2) is 0 Å². The number of rotatable bonds is 8. The van der Waals surface area contributed by atoms with Gasteiger partial charge in [-0.2, -0.15) is 8.42 Å². The van der Waals surface area contributed by atoms with Gasteiger partial charge < -0.3 is 4.74 Å². The topological polar surface area (TPSA) is 106 Å². The molecule has 3 aromatic rings. The zero-order valence-corrected chi connectivity index (χ0v) is 17.8. The van der Waals surface area contributed by atoms with Gasteiger partial charge in [0.1, 0.15) is 15.0 Å². The minimum Gasteiger partial charge on any atom is -0.492 e. The van der Waals surface area contributed by atoms with Crippen LogP contribution in [0.5, 0.6) is 5.75 Å². The largest absolute Gasteiger partial charge is 0.492 e. The summed E-state index contributed by atoms with van der Waals surface area (Å²) in [7, 11) is -4.53. The summed E-state index contributed by atoms with van der Waals surface area (Å²) in [6.07, 6.45) is 1.61. The number of para-hydroxylation sites is 1. The molecule has 1 heterocycles. The highest BCUT2D eigenvalue weighted by Gasteiger charge is 2.27. The van der Waals surface area contributed by atoms with Crippen LogP contribution in [0, 0.1) is 6.07 Å². The standard InChI is InChI=1S/C18H17N2O6S3/c1-2-3-10-25-14-6-4-5-7-16(14)29(23,24)26-20(22)17(21)12-8-9-15-13(11-12)19-18(27)28-15/h4-9,22H,2-3,10H2,1H3,(H,19,27). The molecule has 1 N–H and O–H groups in total. The molecule has 0 saturated heterocycles. The fraction of sp³-hybridized carbons (Fsp3) is 0.222. The fourth-order valence-electron chi connectivity index (χ4n) is 2.35. The predicted octanol–water partition coefficient (Wildman–Crippen LogP) is 3.72. The van der Waals surface area contributed by atoms with Gasteiger partial charge in [-0.25, -0.2) is 4.98 Å². The molecule has 0 saturated carbocycles. The van der Waals surface area contributed by atoms with Gasteiger partial charge in [0.05, 0.1) is 22.4 Å². The molecule has 0 aliphatic carbocycles. The number of nitrogens with zero attached hydrogens (tertiary/aromatic N) is 2. The Morgan fingerprint density at radius 2 is 2.07 bits per heavy atom. The monoisotopic (exact) mass is 453 g/mol. The number of fused-ring (bicyclic) bond motifs is 1. The summed E-state index contributed by atoms with van der Waals surface area (Å²) < 4.78 is 36.4. The number of benzene rings is 2. The van der Waals surface area contributed by atoms with Crippen molar-refractivity contribution in [1.29, 1.82) is 0 Å². The van der Waals surface area contributed by atoms with Crippen LogP contribution >= 0.6 is 24.0 Å². The zero-order chi connectivity index (χ0) is 21.0. The van der Waals surface area contributed by atoms with Gasteiger partial charge in [-0.1, -0.05) is 30.7 Å². The SMILES string of the molecule is CCCCOc1ccccc1S(=O)(=O)ON(O)C(=O)c1[c]c2nc(S)sc2cc1. The molecule has 0 bridgehead atoms. The second-order valence-electron chi connectivity index (χ2n) is 5.84. The van der Waals surface area contributed by atoms with Crippen molar-refractivity contribution in [2.24, 2.45) is 0 Å². The average Bonchev–Trinajstić information content (AvgIpc) is 3.06. The van der Waals surface area contributed by atoms with Crippen LogP contribution in [0.15, 0.2) is 45.6 Å². The quantitative estimate of drug-likeness (QED) is 0.232. The summed E-state index contributed by atoms with van der Waals surface area (Å²) in [5.41, 5.74) is 0.248. The second kappa shape index (κ2) is 9.09. The Morgan fingerprint density at radius 3 is 2.83 bits per heavy atom. The molecule has 1 radical (unpaired) electrons. The molecule has 1 aromatic heterocycles. The van der Waals surface area contributed by atoms with E-state index in [-0.39, 0.29) is 21.4 Å². The van der Waals surface area contributed by atoms with Gasteiger partial charge in [0, 0.05) is 6.07 Å². The molecule has 0 fully saturated rings. The number of unbranched alkanes of at least 4 members (excludes halogenated alkanes) is 1. The highest BCUT2D eigenvalue weighted by atomic mass is 32.2. The van der Waals surface area contributed by atoms with Crippen LogP contribution in [0.3, 0.4) is 0 Å². The Bertz CT molecular complexity index is 1130. The number of hydrogen-bond acceptors (Lipinski definition) is 9. The minimum absolute atomic E-state index is 0.0681. The first-order chi connectivity index (χ1) is 13.8. The summed E-state index contributed by atoms with van der Waals surface area (Å²) in [5.74, 6) is -1.05. The molecule has 2 aromatic carbocycles. The maximum Gasteiger partial charge on any atom is 0.323 e. The van der Waals surface area contributed by atoms with Crippen molar-refractivity contribution < 1.29 is 27.4 Å². The molecule has 11 heteroatoms. The van der Waals surface area contributed by atoms with Crippen molar-refractivity contribution in [2.45, 2.75) is 29.0 Å². The molecule has 153 valence electrons. The first-order valence-electron chi connectivity index (χ1n) is 8.53. The van der Waals surface area contributed by atoms with Crippen LogP contribution in [0.2, 0.25) is 0 Å². The van der Waals surface area contributed by atoms with Crippen molar-refractivity contribution in [3.8, 4) is 5.75 Å². The normalized spacial score (nSPS) is 11.6. The van der Waals surface area contributed by atoms with E-state index in [4.69, 9.17) is 4.74 Å². The van der Waals surface area contributed by atoms with E-state index in [0.717, 1.165) is 17.5 Å². The van der Waals surface area contributed by atoms with Gasteiger partial charge in [0.25, 0.3) is 0 Å². The van der Waals surface area contributed by atoms with Gasteiger partial charge in [0.2, 0.25) is 0 Å². The van der Waals surface area contributed by atoms with E-state index in [9.17, 15) is 18.4 Å². The summed E-state index contributed by atoms with van der Waals surface area (Å²) in [6.45, 7) is 2.29. The molecule has 0 aliphatic heterocycles. The van der Waals surface area contributed by atoms with Crippen LogP contribution in [0.25, 0.3) is 10.2 Å². The van der Waals surface area contributed by atoms with Crippen LogP contribution in [0.1, 0.15) is 30.1 Å². The molecule has 0 unspecified atom stereocenters. The van der Waals surface area contributed by atoms with Gasteiger partial charge >= 0.3 is 16.0 Å². The van der Waals surface area contributed by atoms with Crippen LogP contribution in [-0.2, 0) is 14.4 Å². The molecule has 0 atom stereocenters. The van der Waals surface area contributed by atoms with Crippen LogP contribution < -0.4 is 4.74 Å². The average molecular weight is 454 g/mol. The lowest BCUT2D eigenvalue weighted by Gasteiger charge is -2.15. The van der Waals surface area contributed by atoms with E-state index >= 15 is 0 Å². The number of thiazole rings is 1. The molecular formula is C18H17N2O6S3. The van der Waals surface area contributed by atoms with E-state index < -0.39 is 16.0 Å². The minimum atomic E-state index is -4.53. The highest BCUT2D eigenvalue weighted by molar-refractivity contribution is 7.86. The van der Waals surface area contributed by atoms with Gasteiger partial charge in [-0.15, -0.1) is 28.2 Å². The zero-order valence-electron chi connectivity index (χ0n) is 15.2. The smallest absolute Gasteiger partial charge is 0.323 e.